The predicted octanol–water partition coefficient (Wildman–Crippen LogP) is 3.39. The van der Waals surface area contributed by atoms with Crippen molar-refractivity contribution in [2.75, 3.05) is 7.11 Å². The molecule has 1 aliphatic rings. The fourth-order valence-corrected chi connectivity index (χ4v) is 2.43. The van der Waals surface area contributed by atoms with Crippen molar-refractivity contribution in [1.29, 1.82) is 0 Å². The average Bonchev–Trinajstić information content (AvgIpc) is 2.44. The average molecular weight is 273 g/mol. The van der Waals surface area contributed by atoms with Gasteiger partial charge in [-0.15, -0.1) is 0 Å². The Balaban J connectivity index is 2.35. The summed E-state index contributed by atoms with van der Waals surface area (Å²) in [5.41, 5.74) is 2.13. The largest absolute Gasteiger partial charge is 0.497 e. The van der Waals surface area contributed by atoms with Crippen LogP contribution < -0.4 is 4.74 Å². The molecule has 3 nitrogen and oxygen atoms in total. The van der Waals surface area contributed by atoms with Crippen molar-refractivity contribution < 1.29 is 14.3 Å². The number of ether oxygens (including phenoxy) is 1. The molecular formula is C15H9ClO3. The normalized spacial score (nSPS) is 12.9. The van der Waals surface area contributed by atoms with Gasteiger partial charge in [0.2, 0.25) is 11.6 Å². The molecule has 0 unspecified atom stereocenters. The Kier molecular flexibility index (Phi) is 2.64. The van der Waals surface area contributed by atoms with E-state index in [-0.39, 0.29) is 0 Å². The number of carbonyl (C=O) groups excluding carboxylic acids is 2. The SMILES string of the molecule is COc1ccc2c(c1)-c1cc(Cl)ccc1C(=O)C2=O. The van der Waals surface area contributed by atoms with Crippen LogP contribution in [-0.2, 0) is 0 Å². The molecule has 2 aromatic rings. The summed E-state index contributed by atoms with van der Waals surface area (Å²) in [6, 6.07) is 9.91. The Hall–Kier alpha value is -2.13. The maximum atomic E-state index is 12.0. The fraction of sp³-hybridized carbons (Fsp3) is 0.0667. The van der Waals surface area contributed by atoms with E-state index >= 15 is 0 Å². The molecule has 0 fully saturated rings. The molecule has 0 saturated heterocycles. The van der Waals surface area contributed by atoms with Crippen molar-refractivity contribution in [2.24, 2.45) is 0 Å². The van der Waals surface area contributed by atoms with Crippen molar-refractivity contribution in [3.8, 4) is 16.9 Å². The smallest absolute Gasteiger partial charge is 0.234 e. The van der Waals surface area contributed by atoms with Crippen molar-refractivity contribution in [2.45, 2.75) is 0 Å². The standard InChI is InChI=1S/C15H9ClO3/c1-19-9-3-5-11-13(7-9)12-6-8(16)2-4-10(12)14(17)15(11)18/h2-7H,1H3. The number of fused-ring (bicyclic) bond motifs is 3. The number of Topliss-reactive ketones (excluding diaryl/α,β-unsaturated/α-hetero) is 2. The lowest BCUT2D eigenvalue weighted by Crippen LogP contribution is -2.21. The molecule has 0 radical (unpaired) electrons. The highest BCUT2D eigenvalue weighted by molar-refractivity contribution is 6.53. The van der Waals surface area contributed by atoms with Gasteiger partial charge in [0.1, 0.15) is 5.75 Å². The summed E-state index contributed by atoms with van der Waals surface area (Å²) in [6.07, 6.45) is 0. The van der Waals surface area contributed by atoms with E-state index in [0.717, 1.165) is 0 Å². The van der Waals surface area contributed by atoms with E-state index in [4.69, 9.17) is 16.3 Å². The lowest BCUT2D eigenvalue weighted by Gasteiger charge is -2.18. The van der Waals surface area contributed by atoms with Crippen LogP contribution in [-0.4, -0.2) is 18.7 Å². The van der Waals surface area contributed by atoms with Gasteiger partial charge in [0.15, 0.2) is 0 Å². The Morgan fingerprint density at radius 2 is 1.42 bits per heavy atom. The molecule has 0 heterocycles. The Morgan fingerprint density at radius 3 is 2.05 bits per heavy atom. The number of rotatable bonds is 1. The summed E-state index contributed by atoms with van der Waals surface area (Å²) in [6.45, 7) is 0. The topological polar surface area (TPSA) is 43.4 Å². The van der Waals surface area contributed by atoms with E-state index in [1.807, 2.05) is 0 Å². The maximum absolute atomic E-state index is 12.0. The van der Waals surface area contributed by atoms with Crippen LogP contribution in [0.15, 0.2) is 36.4 Å². The van der Waals surface area contributed by atoms with Crippen LogP contribution in [0.3, 0.4) is 0 Å². The minimum absolute atomic E-state index is 0.384. The summed E-state index contributed by atoms with van der Waals surface area (Å²) >= 11 is 5.97. The van der Waals surface area contributed by atoms with Crippen molar-refractivity contribution >= 4 is 23.2 Å². The first-order chi connectivity index (χ1) is 9.11. The number of hydrogen-bond donors (Lipinski definition) is 0. The number of benzene rings is 2. The molecule has 1 aliphatic carbocycles. The van der Waals surface area contributed by atoms with Crippen LogP contribution in [0, 0.1) is 0 Å². The highest BCUT2D eigenvalue weighted by Gasteiger charge is 2.30. The molecule has 0 atom stereocenters. The van der Waals surface area contributed by atoms with Gasteiger partial charge in [-0.2, -0.15) is 0 Å². The van der Waals surface area contributed by atoms with Gasteiger partial charge in [0.05, 0.1) is 7.11 Å². The van der Waals surface area contributed by atoms with Gasteiger partial charge in [-0.05, 0) is 47.5 Å². The first kappa shape index (κ1) is 11.9. The summed E-state index contributed by atoms with van der Waals surface area (Å²) in [5.74, 6) is -0.358. The van der Waals surface area contributed by atoms with Crippen LogP contribution >= 0.6 is 11.6 Å². The van der Waals surface area contributed by atoms with Gasteiger partial charge in [-0.3, -0.25) is 9.59 Å². The number of ketones is 2. The molecule has 94 valence electrons. The van der Waals surface area contributed by atoms with Gasteiger partial charge < -0.3 is 4.74 Å². The fourth-order valence-electron chi connectivity index (χ4n) is 2.25. The molecule has 4 heteroatoms. The zero-order valence-corrected chi connectivity index (χ0v) is 10.8. The Bertz CT molecular complexity index is 719. The van der Waals surface area contributed by atoms with Gasteiger partial charge in [-0.25, -0.2) is 0 Å². The lowest BCUT2D eigenvalue weighted by molar-refractivity contribution is 0.0815. The van der Waals surface area contributed by atoms with Gasteiger partial charge >= 0.3 is 0 Å². The van der Waals surface area contributed by atoms with Crippen LogP contribution in [0.2, 0.25) is 5.02 Å². The summed E-state index contributed by atoms with van der Waals surface area (Å²) in [7, 11) is 1.55. The molecule has 19 heavy (non-hydrogen) atoms. The zero-order chi connectivity index (χ0) is 13.6. The Labute approximate surface area is 114 Å². The van der Waals surface area contributed by atoms with Crippen LogP contribution in [0.1, 0.15) is 20.7 Å². The van der Waals surface area contributed by atoms with Gasteiger partial charge in [0.25, 0.3) is 0 Å². The molecule has 0 aromatic heterocycles. The molecule has 0 bridgehead atoms. The lowest BCUT2D eigenvalue weighted by atomic mass is 9.84. The number of hydrogen-bond acceptors (Lipinski definition) is 3. The van der Waals surface area contributed by atoms with Crippen molar-refractivity contribution in [3.63, 3.8) is 0 Å². The highest BCUT2D eigenvalue weighted by atomic mass is 35.5. The first-order valence-electron chi connectivity index (χ1n) is 5.69. The van der Waals surface area contributed by atoms with E-state index in [2.05, 4.69) is 0 Å². The van der Waals surface area contributed by atoms with Gasteiger partial charge in [-0.1, -0.05) is 11.6 Å². The third kappa shape index (κ3) is 1.74. The van der Waals surface area contributed by atoms with E-state index in [9.17, 15) is 9.59 Å². The van der Waals surface area contributed by atoms with Gasteiger partial charge in [0, 0.05) is 16.1 Å². The van der Waals surface area contributed by atoms with E-state index in [1.165, 1.54) is 0 Å². The maximum Gasteiger partial charge on any atom is 0.234 e. The minimum atomic E-state index is -0.496. The second-order valence-electron chi connectivity index (χ2n) is 4.26. The van der Waals surface area contributed by atoms with E-state index in [0.29, 0.717) is 33.0 Å². The quantitative estimate of drug-likeness (QED) is 0.747. The molecule has 0 saturated carbocycles. The molecule has 0 aliphatic heterocycles. The first-order valence-corrected chi connectivity index (χ1v) is 6.06. The molecule has 0 N–H and O–H groups in total. The van der Waals surface area contributed by atoms with Crippen molar-refractivity contribution in [1.82, 2.24) is 0 Å². The van der Waals surface area contributed by atoms with Crippen LogP contribution in [0.25, 0.3) is 11.1 Å². The third-order valence-corrected chi connectivity index (χ3v) is 3.43. The highest BCUT2D eigenvalue weighted by Crippen LogP contribution is 2.37. The zero-order valence-electron chi connectivity index (χ0n) is 10.1. The third-order valence-electron chi connectivity index (χ3n) is 3.19. The number of halogens is 1. The molecule has 3 rings (SSSR count). The number of carbonyl (C=O) groups is 2. The van der Waals surface area contributed by atoms with E-state index < -0.39 is 11.6 Å². The van der Waals surface area contributed by atoms with Crippen molar-refractivity contribution in [3.05, 3.63) is 52.5 Å². The summed E-state index contributed by atoms with van der Waals surface area (Å²) in [4.78, 5) is 24.1. The molecule has 0 spiro atoms. The van der Waals surface area contributed by atoms with E-state index in [1.54, 1.807) is 43.5 Å². The second-order valence-corrected chi connectivity index (χ2v) is 4.70. The molecule has 0 amide bonds. The molecular weight excluding hydrogens is 264 g/mol. The van der Waals surface area contributed by atoms with Crippen LogP contribution in [0.5, 0.6) is 5.75 Å². The minimum Gasteiger partial charge on any atom is -0.497 e. The number of methoxy groups -OCH3 is 1. The summed E-state index contributed by atoms with van der Waals surface area (Å²) in [5, 5.41) is 0.523. The molecule has 2 aromatic carbocycles. The van der Waals surface area contributed by atoms with Crippen LogP contribution in [0.4, 0.5) is 0 Å². The summed E-state index contributed by atoms with van der Waals surface area (Å²) < 4.78 is 5.16. The Morgan fingerprint density at radius 1 is 0.842 bits per heavy atom. The monoisotopic (exact) mass is 272 g/mol. The second kappa shape index (κ2) is 4.21. The predicted molar refractivity (Wildman–Crippen MR) is 72.1 cm³/mol.